The predicted molar refractivity (Wildman–Crippen MR) is 81.2 cm³/mol. The van der Waals surface area contributed by atoms with Gasteiger partial charge in [0.05, 0.1) is 6.61 Å². The maximum atomic E-state index is 12.2. The van der Waals surface area contributed by atoms with Crippen LogP contribution in [0.15, 0.2) is 42.5 Å². The first-order valence-corrected chi connectivity index (χ1v) is 6.50. The Hall–Kier alpha value is -2.49. The fourth-order valence-electron chi connectivity index (χ4n) is 1.88. The molecule has 0 saturated carbocycles. The number of amides is 1. The average Bonchev–Trinajstić information content (AvgIpc) is 2.44. The molecule has 2 aromatic rings. The summed E-state index contributed by atoms with van der Waals surface area (Å²) in [5, 5.41) is 2.85. The van der Waals surface area contributed by atoms with Crippen LogP contribution >= 0.6 is 0 Å². The zero-order chi connectivity index (χ0) is 14.5. The summed E-state index contributed by atoms with van der Waals surface area (Å²) in [6.45, 7) is 4.43. The quantitative estimate of drug-likeness (QED) is 0.838. The number of hydrogen-bond donors (Lipinski definition) is 2. The first kappa shape index (κ1) is 13.9. The summed E-state index contributed by atoms with van der Waals surface area (Å²) in [6.07, 6.45) is 0. The molecule has 0 atom stereocenters. The second kappa shape index (κ2) is 6.10. The first-order valence-electron chi connectivity index (χ1n) is 6.50. The van der Waals surface area contributed by atoms with Gasteiger partial charge in [-0.2, -0.15) is 0 Å². The summed E-state index contributed by atoms with van der Waals surface area (Å²) in [4.78, 5) is 12.2. The molecular weight excluding hydrogens is 252 g/mol. The van der Waals surface area contributed by atoms with E-state index >= 15 is 0 Å². The highest BCUT2D eigenvalue weighted by molar-refractivity contribution is 6.05. The molecule has 0 unspecified atom stereocenters. The summed E-state index contributed by atoms with van der Waals surface area (Å²) in [7, 11) is 0. The van der Waals surface area contributed by atoms with E-state index in [-0.39, 0.29) is 5.91 Å². The van der Waals surface area contributed by atoms with Crippen molar-refractivity contribution >= 4 is 17.3 Å². The monoisotopic (exact) mass is 270 g/mol. The van der Waals surface area contributed by atoms with Gasteiger partial charge in [0, 0.05) is 16.9 Å². The molecule has 0 bridgehead atoms. The number of aryl methyl sites for hydroxylation is 1. The molecule has 4 nitrogen and oxygen atoms in total. The van der Waals surface area contributed by atoms with Crippen LogP contribution in [-0.4, -0.2) is 12.5 Å². The fourth-order valence-corrected chi connectivity index (χ4v) is 1.88. The standard InChI is InChI=1S/C16H18N2O2/c1-3-20-14-8-6-13(7-9-14)18-16(19)15-10-12(17)5-4-11(15)2/h4-10H,3,17H2,1-2H3,(H,18,19). The van der Waals surface area contributed by atoms with Gasteiger partial charge in [-0.15, -0.1) is 0 Å². The number of nitrogens with one attached hydrogen (secondary N) is 1. The molecular formula is C16H18N2O2. The molecule has 3 N–H and O–H groups in total. The van der Waals surface area contributed by atoms with E-state index in [9.17, 15) is 4.79 Å². The predicted octanol–water partition coefficient (Wildman–Crippen LogP) is 3.23. The molecule has 0 aliphatic rings. The zero-order valence-electron chi connectivity index (χ0n) is 11.6. The van der Waals surface area contributed by atoms with Gasteiger partial charge in [0.1, 0.15) is 5.75 Å². The molecule has 20 heavy (non-hydrogen) atoms. The number of rotatable bonds is 4. The van der Waals surface area contributed by atoms with E-state index in [1.165, 1.54) is 0 Å². The Bertz CT molecular complexity index is 606. The second-order valence-corrected chi connectivity index (χ2v) is 4.49. The number of nitrogen functional groups attached to an aromatic ring is 1. The molecule has 0 spiro atoms. The number of carbonyl (C=O) groups is 1. The van der Waals surface area contributed by atoms with Crippen molar-refractivity contribution in [2.45, 2.75) is 13.8 Å². The summed E-state index contributed by atoms with van der Waals surface area (Å²) in [5.41, 5.74) is 8.49. The third kappa shape index (κ3) is 3.29. The van der Waals surface area contributed by atoms with Crippen molar-refractivity contribution in [1.29, 1.82) is 0 Å². The largest absolute Gasteiger partial charge is 0.494 e. The van der Waals surface area contributed by atoms with Crippen LogP contribution in [0.4, 0.5) is 11.4 Å². The Labute approximate surface area is 118 Å². The lowest BCUT2D eigenvalue weighted by Gasteiger charge is -2.09. The van der Waals surface area contributed by atoms with Crippen molar-refractivity contribution < 1.29 is 9.53 Å². The zero-order valence-corrected chi connectivity index (χ0v) is 11.6. The van der Waals surface area contributed by atoms with Gasteiger partial charge in [0.2, 0.25) is 0 Å². The van der Waals surface area contributed by atoms with Gasteiger partial charge in [-0.1, -0.05) is 6.07 Å². The Kier molecular flexibility index (Phi) is 4.25. The number of nitrogens with two attached hydrogens (primary N) is 1. The summed E-state index contributed by atoms with van der Waals surface area (Å²) >= 11 is 0. The molecule has 2 aromatic carbocycles. The first-order chi connectivity index (χ1) is 9.60. The van der Waals surface area contributed by atoms with E-state index in [2.05, 4.69) is 5.32 Å². The Morgan fingerprint density at radius 1 is 1.20 bits per heavy atom. The van der Waals surface area contributed by atoms with E-state index in [0.717, 1.165) is 17.0 Å². The SMILES string of the molecule is CCOc1ccc(NC(=O)c2cc(N)ccc2C)cc1. The maximum absolute atomic E-state index is 12.2. The van der Waals surface area contributed by atoms with E-state index in [1.54, 1.807) is 12.1 Å². The number of benzene rings is 2. The van der Waals surface area contributed by atoms with Crippen LogP contribution in [0.2, 0.25) is 0 Å². The third-order valence-corrected chi connectivity index (χ3v) is 2.93. The highest BCUT2D eigenvalue weighted by atomic mass is 16.5. The Morgan fingerprint density at radius 3 is 2.55 bits per heavy atom. The van der Waals surface area contributed by atoms with Crippen molar-refractivity contribution in [3.8, 4) is 5.75 Å². The molecule has 2 rings (SSSR count). The van der Waals surface area contributed by atoms with Gasteiger partial charge in [-0.25, -0.2) is 0 Å². The minimum atomic E-state index is -0.168. The lowest BCUT2D eigenvalue weighted by molar-refractivity contribution is 0.102. The smallest absolute Gasteiger partial charge is 0.256 e. The maximum Gasteiger partial charge on any atom is 0.256 e. The van der Waals surface area contributed by atoms with Crippen LogP contribution in [0.5, 0.6) is 5.75 Å². The molecule has 0 fully saturated rings. The molecule has 4 heteroatoms. The van der Waals surface area contributed by atoms with Crippen LogP contribution in [0.25, 0.3) is 0 Å². The molecule has 0 aliphatic carbocycles. The molecule has 0 heterocycles. The van der Waals surface area contributed by atoms with Crippen LogP contribution in [-0.2, 0) is 0 Å². The van der Waals surface area contributed by atoms with E-state index in [4.69, 9.17) is 10.5 Å². The van der Waals surface area contributed by atoms with Gasteiger partial charge in [-0.05, 0) is 55.8 Å². The van der Waals surface area contributed by atoms with E-state index < -0.39 is 0 Å². The van der Waals surface area contributed by atoms with E-state index in [0.29, 0.717) is 17.9 Å². The molecule has 0 saturated heterocycles. The summed E-state index contributed by atoms with van der Waals surface area (Å²) in [5.74, 6) is 0.615. The fraction of sp³-hybridized carbons (Fsp3) is 0.188. The summed E-state index contributed by atoms with van der Waals surface area (Å²) in [6, 6.07) is 12.6. The van der Waals surface area contributed by atoms with Crippen molar-refractivity contribution in [3.63, 3.8) is 0 Å². The van der Waals surface area contributed by atoms with Crippen LogP contribution < -0.4 is 15.8 Å². The molecule has 104 valence electrons. The lowest BCUT2D eigenvalue weighted by atomic mass is 10.1. The molecule has 0 aromatic heterocycles. The number of anilines is 2. The molecule has 0 radical (unpaired) electrons. The Balaban J connectivity index is 2.13. The van der Waals surface area contributed by atoms with Crippen molar-refractivity contribution in [2.24, 2.45) is 0 Å². The van der Waals surface area contributed by atoms with Gasteiger partial charge < -0.3 is 15.8 Å². The normalized spacial score (nSPS) is 10.1. The van der Waals surface area contributed by atoms with Gasteiger partial charge in [-0.3, -0.25) is 4.79 Å². The Morgan fingerprint density at radius 2 is 1.90 bits per heavy atom. The minimum Gasteiger partial charge on any atom is -0.494 e. The third-order valence-electron chi connectivity index (χ3n) is 2.93. The van der Waals surface area contributed by atoms with Crippen molar-refractivity contribution in [2.75, 3.05) is 17.7 Å². The van der Waals surface area contributed by atoms with Gasteiger partial charge in [0.15, 0.2) is 0 Å². The lowest BCUT2D eigenvalue weighted by Crippen LogP contribution is -2.13. The van der Waals surface area contributed by atoms with Gasteiger partial charge >= 0.3 is 0 Å². The highest BCUT2D eigenvalue weighted by Crippen LogP contribution is 2.18. The van der Waals surface area contributed by atoms with Crippen LogP contribution in [0.3, 0.4) is 0 Å². The van der Waals surface area contributed by atoms with Crippen molar-refractivity contribution in [1.82, 2.24) is 0 Å². The molecule has 1 amide bonds. The second-order valence-electron chi connectivity index (χ2n) is 4.49. The van der Waals surface area contributed by atoms with Gasteiger partial charge in [0.25, 0.3) is 5.91 Å². The highest BCUT2D eigenvalue weighted by Gasteiger charge is 2.09. The average molecular weight is 270 g/mol. The number of carbonyl (C=O) groups excluding carboxylic acids is 1. The van der Waals surface area contributed by atoms with E-state index in [1.807, 2.05) is 44.2 Å². The summed E-state index contributed by atoms with van der Waals surface area (Å²) < 4.78 is 5.36. The minimum absolute atomic E-state index is 0.168. The van der Waals surface area contributed by atoms with Crippen LogP contribution in [0, 0.1) is 6.92 Å². The number of ether oxygens (including phenoxy) is 1. The van der Waals surface area contributed by atoms with Crippen molar-refractivity contribution in [3.05, 3.63) is 53.6 Å². The number of hydrogen-bond acceptors (Lipinski definition) is 3. The molecule has 0 aliphatic heterocycles. The topological polar surface area (TPSA) is 64.3 Å². The van der Waals surface area contributed by atoms with Crippen LogP contribution in [0.1, 0.15) is 22.8 Å².